The van der Waals surface area contributed by atoms with Crippen LogP contribution < -0.4 is 5.32 Å². The van der Waals surface area contributed by atoms with Crippen molar-refractivity contribution in [2.24, 2.45) is 7.05 Å². The van der Waals surface area contributed by atoms with Gasteiger partial charge in [0, 0.05) is 49.2 Å². The topological polar surface area (TPSA) is 54.3 Å². The first-order chi connectivity index (χ1) is 11.0. The molecule has 0 radical (unpaired) electrons. The Morgan fingerprint density at radius 1 is 1.39 bits per heavy atom. The zero-order chi connectivity index (χ0) is 16.6. The first kappa shape index (κ1) is 15.6. The van der Waals surface area contributed by atoms with Gasteiger partial charge in [-0.1, -0.05) is 18.2 Å². The SMILES string of the molecule is CC(C)N(CC1CCC(=O)N1)C(=O)c1cn(C)c2ccccc12. The molecule has 1 saturated heterocycles. The molecule has 1 unspecified atom stereocenters. The van der Waals surface area contributed by atoms with Crippen LogP contribution in [-0.4, -0.2) is 39.9 Å². The summed E-state index contributed by atoms with van der Waals surface area (Å²) in [4.78, 5) is 26.3. The molecule has 1 fully saturated rings. The Labute approximate surface area is 136 Å². The summed E-state index contributed by atoms with van der Waals surface area (Å²) in [6.45, 7) is 4.59. The molecule has 5 nitrogen and oxygen atoms in total. The van der Waals surface area contributed by atoms with Gasteiger partial charge >= 0.3 is 0 Å². The molecule has 2 amide bonds. The third-order valence-electron chi connectivity index (χ3n) is 4.51. The molecule has 0 spiro atoms. The Morgan fingerprint density at radius 2 is 2.13 bits per heavy atom. The highest BCUT2D eigenvalue weighted by Gasteiger charge is 2.28. The number of rotatable bonds is 4. The van der Waals surface area contributed by atoms with Crippen LogP contribution in [0.2, 0.25) is 0 Å². The molecule has 1 aromatic heterocycles. The molecule has 5 heteroatoms. The van der Waals surface area contributed by atoms with Crippen molar-refractivity contribution in [2.75, 3.05) is 6.54 Å². The number of carbonyl (C=O) groups is 2. The first-order valence-electron chi connectivity index (χ1n) is 8.11. The smallest absolute Gasteiger partial charge is 0.256 e. The molecule has 1 N–H and O–H groups in total. The largest absolute Gasteiger partial charge is 0.352 e. The van der Waals surface area contributed by atoms with Crippen molar-refractivity contribution < 1.29 is 9.59 Å². The molecule has 1 aromatic carbocycles. The first-order valence-corrected chi connectivity index (χ1v) is 8.11. The maximum atomic E-state index is 13.1. The fraction of sp³-hybridized carbons (Fsp3) is 0.444. The molecule has 3 rings (SSSR count). The van der Waals surface area contributed by atoms with E-state index in [1.165, 1.54) is 0 Å². The summed E-state index contributed by atoms with van der Waals surface area (Å²) in [7, 11) is 1.95. The van der Waals surface area contributed by atoms with Gasteiger partial charge in [0.1, 0.15) is 0 Å². The van der Waals surface area contributed by atoms with E-state index >= 15 is 0 Å². The van der Waals surface area contributed by atoms with E-state index in [0.29, 0.717) is 13.0 Å². The van der Waals surface area contributed by atoms with Crippen LogP contribution in [-0.2, 0) is 11.8 Å². The predicted octanol–water partition coefficient (Wildman–Crippen LogP) is 2.31. The van der Waals surface area contributed by atoms with Gasteiger partial charge in [0.05, 0.1) is 5.56 Å². The Hall–Kier alpha value is -2.30. The highest BCUT2D eigenvalue weighted by Crippen LogP contribution is 2.23. The van der Waals surface area contributed by atoms with E-state index in [2.05, 4.69) is 5.32 Å². The Morgan fingerprint density at radius 3 is 2.78 bits per heavy atom. The Bertz CT molecular complexity index is 748. The minimum Gasteiger partial charge on any atom is -0.352 e. The molecule has 2 aromatic rings. The molecule has 1 aliphatic heterocycles. The van der Waals surface area contributed by atoms with E-state index in [0.717, 1.165) is 22.9 Å². The van der Waals surface area contributed by atoms with Crippen LogP contribution in [0.3, 0.4) is 0 Å². The van der Waals surface area contributed by atoms with Gasteiger partial charge in [0.25, 0.3) is 5.91 Å². The van der Waals surface area contributed by atoms with Crippen LogP contribution in [0.25, 0.3) is 10.9 Å². The van der Waals surface area contributed by atoms with Gasteiger partial charge in [0.15, 0.2) is 0 Å². The van der Waals surface area contributed by atoms with Crippen LogP contribution in [0.4, 0.5) is 0 Å². The third-order valence-corrected chi connectivity index (χ3v) is 4.51. The second kappa shape index (κ2) is 6.07. The van der Waals surface area contributed by atoms with Crippen LogP contribution in [0.5, 0.6) is 0 Å². The van der Waals surface area contributed by atoms with Crippen molar-refractivity contribution in [3.8, 4) is 0 Å². The van der Waals surface area contributed by atoms with Crippen LogP contribution in [0.1, 0.15) is 37.0 Å². The standard InChI is InChI=1S/C18H23N3O2/c1-12(2)21(10-13-8-9-17(22)19-13)18(23)15-11-20(3)16-7-5-4-6-14(15)16/h4-7,11-13H,8-10H2,1-3H3,(H,19,22). The molecule has 1 atom stereocenters. The molecule has 0 bridgehead atoms. The van der Waals surface area contributed by atoms with Gasteiger partial charge in [-0.15, -0.1) is 0 Å². The Balaban J connectivity index is 1.89. The monoisotopic (exact) mass is 313 g/mol. The number of aromatic nitrogens is 1. The van der Waals surface area contributed by atoms with E-state index in [1.54, 1.807) is 0 Å². The van der Waals surface area contributed by atoms with Gasteiger partial charge in [-0.2, -0.15) is 0 Å². The number of amides is 2. The van der Waals surface area contributed by atoms with Crippen LogP contribution >= 0.6 is 0 Å². The minimum atomic E-state index is 0.0259. The van der Waals surface area contributed by atoms with Crippen molar-refractivity contribution in [2.45, 2.75) is 38.8 Å². The summed E-state index contributed by atoms with van der Waals surface area (Å²) in [5.74, 6) is 0.106. The average Bonchev–Trinajstić information content (AvgIpc) is 3.08. The molecular weight excluding hydrogens is 290 g/mol. The number of hydrogen-bond acceptors (Lipinski definition) is 2. The highest BCUT2D eigenvalue weighted by molar-refractivity contribution is 6.07. The third kappa shape index (κ3) is 2.96. The second-order valence-corrected chi connectivity index (χ2v) is 6.53. The fourth-order valence-corrected chi connectivity index (χ4v) is 3.25. The molecule has 23 heavy (non-hydrogen) atoms. The maximum Gasteiger partial charge on any atom is 0.256 e. The summed E-state index contributed by atoms with van der Waals surface area (Å²) in [5.41, 5.74) is 1.77. The van der Waals surface area contributed by atoms with E-state index in [-0.39, 0.29) is 23.9 Å². The van der Waals surface area contributed by atoms with Crippen molar-refractivity contribution in [1.29, 1.82) is 0 Å². The summed E-state index contributed by atoms with van der Waals surface area (Å²) in [6.07, 6.45) is 3.25. The molecule has 0 saturated carbocycles. The van der Waals surface area contributed by atoms with Crippen LogP contribution in [0, 0.1) is 0 Å². The van der Waals surface area contributed by atoms with Gasteiger partial charge in [-0.3, -0.25) is 9.59 Å². The Kier molecular flexibility index (Phi) is 4.11. The van der Waals surface area contributed by atoms with E-state index in [4.69, 9.17) is 0 Å². The summed E-state index contributed by atoms with van der Waals surface area (Å²) in [6, 6.07) is 8.07. The van der Waals surface area contributed by atoms with E-state index in [9.17, 15) is 9.59 Å². The molecule has 2 heterocycles. The molecule has 0 aliphatic carbocycles. The lowest BCUT2D eigenvalue weighted by molar-refractivity contribution is -0.119. The lowest BCUT2D eigenvalue weighted by Crippen LogP contribution is -2.45. The number of para-hydroxylation sites is 1. The second-order valence-electron chi connectivity index (χ2n) is 6.53. The number of hydrogen-bond donors (Lipinski definition) is 1. The average molecular weight is 313 g/mol. The quantitative estimate of drug-likeness (QED) is 0.942. The number of nitrogens with zero attached hydrogens (tertiary/aromatic N) is 2. The predicted molar refractivity (Wildman–Crippen MR) is 90.3 cm³/mol. The fourth-order valence-electron chi connectivity index (χ4n) is 3.25. The summed E-state index contributed by atoms with van der Waals surface area (Å²) >= 11 is 0. The van der Waals surface area contributed by atoms with E-state index < -0.39 is 0 Å². The maximum absolute atomic E-state index is 13.1. The molecule has 1 aliphatic rings. The minimum absolute atomic E-state index is 0.0259. The number of fused-ring (bicyclic) bond motifs is 1. The van der Waals surface area contributed by atoms with Gasteiger partial charge in [-0.25, -0.2) is 0 Å². The number of nitrogens with one attached hydrogen (secondary N) is 1. The van der Waals surface area contributed by atoms with Crippen molar-refractivity contribution >= 4 is 22.7 Å². The molecule has 122 valence electrons. The number of carbonyl (C=O) groups excluding carboxylic acids is 2. The lowest BCUT2D eigenvalue weighted by atomic mass is 10.1. The zero-order valence-electron chi connectivity index (χ0n) is 13.9. The molecular formula is C18H23N3O2. The number of aryl methyl sites for hydroxylation is 1. The van der Waals surface area contributed by atoms with Crippen molar-refractivity contribution in [3.05, 3.63) is 36.0 Å². The van der Waals surface area contributed by atoms with Crippen molar-refractivity contribution in [1.82, 2.24) is 14.8 Å². The van der Waals surface area contributed by atoms with Gasteiger partial charge in [0.2, 0.25) is 5.91 Å². The summed E-state index contributed by atoms with van der Waals surface area (Å²) in [5, 5.41) is 3.92. The van der Waals surface area contributed by atoms with E-state index in [1.807, 2.05) is 60.8 Å². The van der Waals surface area contributed by atoms with Gasteiger partial charge in [-0.05, 0) is 26.3 Å². The van der Waals surface area contributed by atoms with Gasteiger partial charge < -0.3 is 14.8 Å². The zero-order valence-corrected chi connectivity index (χ0v) is 13.9. The summed E-state index contributed by atoms with van der Waals surface area (Å²) < 4.78 is 1.98. The van der Waals surface area contributed by atoms with Crippen molar-refractivity contribution in [3.63, 3.8) is 0 Å². The lowest BCUT2D eigenvalue weighted by Gasteiger charge is -2.29. The highest BCUT2D eigenvalue weighted by atomic mass is 16.2. The normalized spacial score (nSPS) is 17.7. The van der Waals surface area contributed by atoms with Crippen LogP contribution in [0.15, 0.2) is 30.5 Å². The number of benzene rings is 1.